The lowest BCUT2D eigenvalue weighted by Gasteiger charge is -2.05. The van der Waals surface area contributed by atoms with Gasteiger partial charge in [-0.3, -0.25) is 9.20 Å². The van der Waals surface area contributed by atoms with Gasteiger partial charge >= 0.3 is 0 Å². The summed E-state index contributed by atoms with van der Waals surface area (Å²) >= 11 is 1.67. The lowest BCUT2D eigenvalue weighted by Crippen LogP contribution is -2.19. The van der Waals surface area contributed by atoms with Crippen molar-refractivity contribution in [2.24, 2.45) is 7.05 Å². The van der Waals surface area contributed by atoms with E-state index in [0.717, 1.165) is 22.5 Å². The monoisotopic (exact) mass is 341 g/mol. The van der Waals surface area contributed by atoms with Crippen molar-refractivity contribution in [3.8, 4) is 0 Å². The van der Waals surface area contributed by atoms with Crippen molar-refractivity contribution >= 4 is 33.0 Å². The molecule has 24 heavy (non-hydrogen) atoms. The third kappa shape index (κ3) is 2.33. The smallest absolute Gasteiger partial charge is 0.295 e. The summed E-state index contributed by atoms with van der Waals surface area (Å²) in [6.07, 6.45) is 6.00. The molecule has 122 valence electrons. The number of fused-ring (bicyclic) bond motifs is 2. The standard InChI is InChI=1S/C15H15N7OS/c1-3-9-6-10-12(17-8-18-14(10)24-9)16-7-11-19-20-13-15(23)21(2)4-5-22(11)13/h4-6,8H,3,7H2,1-2H3,(H,16,17,18). The van der Waals surface area contributed by atoms with Crippen LogP contribution in [0.4, 0.5) is 5.82 Å². The summed E-state index contributed by atoms with van der Waals surface area (Å²) in [6.45, 7) is 2.53. The van der Waals surface area contributed by atoms with Crippen molar-refractivity contribution in [2.45, 2.75) is 19.9 Å². The Kier molecular flexibility index (Phi) is 3.49. The Balaban J connectivity index is 1.67. The van der Waals surface area contributed by atoms with Gasteiger partial charge in [0, 0.05) is 24.3 Å². The molecule has 0 radical (unpaired) electrons. The Hall–Kier alpha value is -2.81. The highest BCUT2D eigenvalue weighted by atomic mass is 32.1. The molecule has 0 fully saturated rings. The minimum absolute atomic E-state index is 0.175. The molecule has 0 aliphatic heterocycles. The van der Waals surface area contributed by atoms with E-state index >= 15 is 0 Å². The van der Waals surface area contributed by atoms with Crippen molar-refractivity contribution in [3.05, 3.63) is 45.8 Å². The van der Waals surface area contributed by atoms with E-state index in [0.29, 0.717) is 18.0 Å². The van der Waals surface area contributed by atoms with Gasteiger partial charge in [0.2, 0.25) is 5.65 Å². The molecule has 0 amide bonds. The Labute approximate surface area is 140 Å². The van der Waals surface area contributed by atoms with Gasteiger partial charge in [-0.05, 0) is 12.5 Å². The van der Waals surface area contributed by atoms with Crippen molar-refractivity contribution in [3.63, 3.8) is 0 Å². The number of aryl methyl sites for hydroxylation is 2. The van der Waals surface area contributed by atoms with Gasteiger partial charge in [-0.1, -0.05) is 6.92 Å². The Morgan fingerprint density at radius 3 is 2.96 bits per heavy atom. The summed E-state index contributed by atoms with van der Waals surface area (Å²) < 4.78 is 3.17. The molecule has 0 atom stereocenters. The lowest BCUT2D eigenvalue weighted by molar-refractivity contribution is 0.831. The predicted molar refractivity (Wildman–Crippen MR) is 92.3 cm³/mol. The Morgan fingerprint density at radius 2 is 2.12 bits per heavy atom. The molecule has 4 aromatic rings. The fourth-order valence-corrected chi connectivity index (χ4v) is 3.46. The molecule has 4 rings (SSSR count). The quantitative estimate of drug-likeness (QED) is 0.606. The van der Waals surface area contributed by atoms with Crippen LogP contribution in [0.5, 0.6) is 0 Å². The van der Waals surface area contributed by atoms with Crippen LogP contribution in [0.3, 0.4) is 0 Å². The second-order valence-electron chi connectivity index (χ2n) is 5.38. The third-order valence-corrected chi connectivity index (χ3v) is 5.05. The first kappa shape index (κ1) is 14.8. The summed E-state index contributed by atoms with van der Waals surface area (Å²) in [5.41, 5.74) is 0.138. The minimum Gasteiger partial charge on any atom is -0.362 e. The van der Waals surface area contributed by atoms with Crippen LogP contribution in [0.25, 0.3) is 15.9 Å². The molecule has 4 heterocycles. The highest BCUT2D eigenvalue weighted by molar-refractivity contribution is 7.18. The number of hydrogen-bond donors (Lipinski definition) is 1. The van der Waals surface area contributed by atoms with Crippen LogP contribution >= 0.6 is 11.3 Å². The molecule has 0 aliphatic rings. The van der Waals surface area contributed by atoms with Gasteiger partial charge in [0.1, 0.15) is 17.0 Å². The van der Waals surface area contributed by atoms with Gasteiger partial charge in [0.25, 0.3) is 5.56 Å². The molecule has 0 aromatic carbocycles. The zero-order valence-electron chi connectivity index (χ0n) is 13.2. The van der Waals surface area contributed by atoms with Crippen molar-refractivity contribution in [1.29, 1.82) is 0 Å². The number of aromatic nitrogens is 6. The zero-order valence-corrected chi connectivity index (χ0v) is 14.0. The first-order valence-corrected chi connectivity index (χ1v) is 8.35. The zero-order chi connectivity index (χ0) is 16.7. The van der Waals surface area contributed by atoms with Gasteiger partial charge in [-0.15, -0.1) is 21.5 Å². The molecular formula is C15H15N7OS. The largest absolute Gasteiger partial charge is 0.362 e. The number of anilines is 1. The fourth-order valence-electron chi connectivity index (χ4n) is 2.52. The second kappa shape index (κ2) is 5.68. The lowest BCUT2D eigenvalue weighted by atomic mass is 10.3. The molecule has 9 heteroatoms. The maximum atomic E-state index is 12.0. The minimum atomic E-state index is -0.175. The van der Waals surface area contributed by atoms with Crippen LogP contribution < -0.4 is 10.9 Å². The topological polar surface area (TPSA) is 90.0 Å². The molecule has 0 saturated heterocycles. The fraction of sp³-hybridized carbons (Fsp3) is 0.267. The Morgan fingerprint density at radius 1 is 1.25 bits per heavy atom. The molecule has 4 aromatic heterocycles. The molecule has 0 bridgehead atoms. The first-order valence-electron chi connectivity index (χ1n) is 7.54. The van der Waals surface area contributed by atoms with E-state index in [1.54, 1.807) is 41.5 Å². The van der Waals surface area contributed by atoms with E-state index < -0.39 is 0 Å². The number of thiophene rings is 1. The summed E-state index contributed by atoms with van der Waals surface area (Å²) in [7, 11) is 1.69. The number of hydrogen-bond acceptors (Lipinski definition) is 7. The first-order chi connectivity index (χ1) is 11.7. The summed E-state index contributed by atoms with van der Waals surface area (Å²) in [5.74, 6) is 1.41. The second-order valence-corrected chi connectivity index (χ2v) is 6.50. The highest BCUT2D eigenvalue weighted by Crippen LogP contribution is 2.28. The van der Waals surface area contributed by atoms with Crippen LogP contribution in [0, 0.1) is 0 Å². The predicted octanol–water partition coefficient (Wildman–Crippen LogP) is 1.61. The van der Waals surface area contributed by atoms with E-state index in [1.165, 1.54) is 9.44 Å². The van der Waals surface area contributed by atoms with Crippen molar-refractivity contribution < 1.29 is 0 Å². The van der Waals surface area contributed by atoms with Gasteiger partial charge in [0.05, 0.1) is 11.9 Å². The maximum Gasteiger partial charge on any atom is 0.295 e. The van der Waals surface area contributed by atoms with Crippen molar-refractivity contribution in [2.75, 3.05) is 5.32 Å². The van der Waals surface area contributed by atoms with Crippen LogP contribution in [0.15, 0.2) is 29.6 Å². The molecule has 0 spiro atoms. The van der Waals surface area contributed by atoms with E-state index in [-0.39, 0.29) is 5.56 Å². The Bertz CT molecular complexity index is 1090. The molecule has 1 N–H and O–H groups in total. The summed E-state index contributed by atoms with van der Waals surface area (Å²) in [5, 5.41) is 12.4. The van der Waals surface area contributed by atoms with E-state index in [9.17, 15) is 4.79 Å². The number of nitrogens with one attached hydrogen (secondary N) is 1. The average molecular weight is 341 g/mol. The van der Waals surface area contributed by atoms with E-state index in [4.69, 9.17) is 0 Å². The molecule has 0 saturated carbocycles. The van der Waals surface area contributed by atoms with E-state index in [1.807, 2.05) is 0 Å². The van der Waals surface area contributed by atoms with Crippen LogP contribution in [-0.4, -0.2) is 29.1 Å². The van der Waals surface area contributed by atoms with Crippen LogP contribution in [0.1, 0.15) is 17.6 Å². The average Bonchev–Trinajstić information content (AvgIpc) is 3.20. The van der Waals surface area contributed by atoms with Crippen LogP contribution in [-0.2, 0) is 20.0 Å². The van der Waals surface area contributed by atoms with E-state index in [2.05, 4.69) is 38.5 Å². The maximum absolute atomic E-state index is 12.0. The summed E-state index contributed by atoms with van der Waals surface area (Å²) in [6, 6.07) is 2.11. The number of rotatable bonds is 4. The van der Waals surface area contributed by atoms with Crippen molar-refractivity contribution in [1.82, 2.24) is 29.1 Å². The molecule has 0 aliphatic carbocycles. The summed E-state index contributed by atoms with van der Waals surface area (Å²) in [4.78, 5) is 22.9. The molecular weight excluding hydrogens is 326 g/mol. The third-order valence-electron chi connectivity index (χ3n) is 3.86. The highest BCUT2D eigenvalue weighted by Gasteiger charge is 2.11. The molecule has 8 nitrogen and oxygen atoms in total. The normalized spacial score (nSPS) is 11.4. The van der Waals surface area contributed by atoms with Gasteiger partial charge in [-0.25, -0.2) is 9.97 Å². The van der Waals surface area contributed by atoms with Gasteiger partial charge in [-0.2, -0.15) is 0 Å². The van der Waals surface area contributed by atoms with Gasteiger partial charge in [0.15, 0.2) is 5.82 Å². The SMILES string of the molecule is CCc1cc2c(NCc3nnc4c(=O)n(C)ccn34)ncnc2s1. The molecule has 0 unspecified atom stereocenters. The van der Waals surface area contributed by atoms with Gasteiger partial charge < -0.3 is 9.88 Å². The number of nitrogens with zero attached hydrogens (tertiary/aromatic N) is 6. The van der Waals surface area contributed by atoms with Crippen LogP contribution in [0.2, 0.25) is 0 Å².